The van der Waals surface area contributed by atoms with Gasteiger partial charge in [-0.2, -0.15) is 0 Å². The first-order valence-electron chi connectivity index (χ1n) is 1.47. The molecule has 36 valence electrons. The van der Waals surface area contributed by atoms with E-state index < -0.39 is 0 Å². The fourth-order valence-corrected chi connectivity index (χ4v) is 0.227. The van der Waals surface area contributed by atoms with Crippen molar-refractivity contribution in [3.63, 3.8) is 0 Å². The van der Waals surface area contributed by atoms with E-state index in [2.05, 4.69) is 4.42 Å². The van der Waals surface area contributed by atoms with Crippen molar-refractivity contribution < 1.29 is 59.8 Å². The van der Waals surface area contributed by atoms with Crippen LogP contribution in [-0.2, 0) is 26.2 Å². The smallest absolute Gasteiger partial charge is 0.0902 e. The van der Waals surface area contributed by atoms with Crippen LogP contribution in [-0.4, -0.2) is 0 Å². The van der Waals surface area contributed by atoms with Gasteiger partial charge >= 0.3 is 0 Å². The zero-order valence-electron chi connectivity index (χ0n) is 3.63. The summed E-state index contributed by atoms with van der Waals surface area (Å²) < 4.78 is 4.58. The minimum absolute atomic E-state index is 0. The Hall–Kier alpha value is 1.15. The molecule has 0 aliphatic heterocycles. The van der Waals surface area contributed by atoms with Gasteiger partial charge in [0.2, 0.25) is 0 Å². The van der Waals surface area contributed by atoms with E-state index >= 15 is 0 Å². The molecule has 1 heterocycles. The molecule has 1 rings (SSSR count). The fraction of sp³-hybridized carbons (Fsp3) is 0. The molecule has 0 aliphatic rings. The third kappa shape index (κ3) is 5.01. The molecule has 0 amide bonds. The maximum atomic E-state index is 4.58. The van der Waals surface area contributed by atoms with Crippen molar-refractivity contribution in [2.75, 3.05) is 0 Å². The Bertz CT molecular complexity index is 68.2. The maximum absolute atomic E-state index is 4.58. The van der Waals surface area contributed by atoms with Crippen LogP contribution in [0, 0.1) is 29.2 Å². The van der Waals surface area contributed by atoms with Crippen LogP contribution < -0.4 is 0 Å². The van der Waals surface area contributed by atoms with Gasteiger partial charge in [-0.1, -0.05) is 0 Å². The summed E-state index contributed by atoms with van der Waals surface area (Å²) in [6.07, 6.45) is 3.25. The van der Waals surface area contributed by atoms with Crippen LogP contribution in [0.3, 0.4) is 0 Å². The van der Waals surface area contributed by atoms with Crippen LogP contribution in [0.1, 0.15) is 0 Å². The predicted molar refractivity (Wildman–Crippen MR) is 18.7 cm³/mol. The zero-order valence-corrected chi connectivity index (χ0v) is 9.48. The van der Waals surface area contributed by atoms with Crippen LogP contribution in [0.4, 0.5) is 0 Å². The molecule has 0 saturated heterocycles. The maximum Gasteiger partial charge on any atom is 0.0902 e. The molecule has 7 heavy (non-hydrogen) atoms. The number of furan rings is 1. The van der Waals surface area contributed by atoms with E-state index in [1.807, 2.05) is 12.1 Å². The molecule has 0 atom stereocenters. The second kappa shape index (κ2) is 7.15. The number of hydrogen-bond acceptors (Lipinski definition) is 1. The molecular formula is C4H4OPuZr. The molecule has 0 N–H and O–H groups in total. The molecule has 0 spiro atoms. The Balaban J connectivity index is 0. The summed E-state index contributed by atoms with van der Waals surface area (Å²) in [4.78, 5) is 0. The molecule has 1 aromatic rings. The standard InChI is InChI=1S/C4H4O.Pu.Zr/c1-2-4-5-3-1;;/h1-4H;;. The first-order chi connectivity index (χ1) is 2.50. The topological polar surface area (TPSA) is 13.1 Å². The molecule has 0 unspecified atom stereocenters. The van der Waals surface area contributed by atoms with Gasteiger partial charge in [0.05, 0.1) is 12.5 Å². The van der Waals surface area contributed by atoms with Crippen LogP contribution in [0.25, 0.3) is 0 Å². The normalized spacial score (nSPS) is 5.71. The predicted octanol–water partition coefficient (Wildman–Crippen LogP) is 1.28. The Morgan fingerprint density at radius 1 is 1.00 bits per heavy atom. The van der Waals surface area contributed by atoms with Gasteiger partial charge in [0, 0.05) is 55.4 Å². The van der Waals surface area contributed by atoms with Gasteiger partial charge < -0.3 is 4.42 Å². The minimum Gasteiger partial charge on any atom is -0.473 e. The Morgan fingerprint density at radius 2 is 1.43 bits per heavy atom. The molecule has 1 nitrogen and oxygen atoms in total. The molecule has 0 radical (unpaired) electrons. The SMILES string of the molecule is [Pu].[Zr].c1ccoc1. The summed E-state index contributed by atoms with van der Waals surface area (Å²) in [6.45, 7) is 0. The third-order valence-electron chi connectivity index (χ3n) is 0.425. The van der Waals surface area contributed by atoms with E-state index in [4.69, 9.17) is 0 Å². The quantitative estimate of drug-likeness (QED) is 0.636. The van der Waals surface area contributed by atoms with Crippen molar-refractivity contribution in [2.45, 2.75) is 0 Å². The van der Waals surface area contributed by atoms with Gasteiger partial charge in [-0.25, -0.2) is 0 Å². The van der Waals surface area contributed by atoms with Gasteiger partial charge in [-0.3, -0.25) is 0 Å². The van der Waals surface area contributed by atoms with Gasteiger partial charge in [-0.05, 0) is 12.1 Å². The van der Waals surface area contributed by atoms with Gasteiger partial charge in [0.25, 0.3) is 0 Å². The van der Waals surface area contributed by atoms with Crippen LogP contribution in [0.5, 0.6) is 0 Å². The summed E-state index contributed by atoms with van der Waals surface area (Å²) in [5.74, 6) is 0. The molecule has 0 aliphatic carbocycles. The number of rotatable bonds is 0. The second-order valence-electron chi connectivity index (χ2n) is 0.793. The summed E-state index contributed by atoms with van der Waals surface area (Å²) in [5, 5.41) is 0. The zero-order chi connectivity index (χ0) is 3.54. The van der Waals surface area contributed by atoms with Crippen molar-refractivity contribution in [2.24, 2.45) is 0 Å². The van der Waals surface area contributed by atoms with E-state index in [1.54, 1.807) is 12.5 Å². The summed E-state index contributed by atoms with van der Waals surface area (Å²) in [6, 6.07) is 3.67. The van der Waals surface area contributed by atoms with Crippen molar-refractivity contribution >= 4 is 0 Å². The second-order valence-corrected chi connectivity index (χ2v) is 0.793. The molecule has 3 heteroatoms. The molecule has 0 aromatic carbocycles. The summed E-state index contributed by atoms with van der Waals surface area (Å²) in [5.41, 5.74) is 0. The molecule has 0 bridgehead atoms. The molecular weight excluding hydrogens is 399 g/mol. The molecule has 0 saturated carbocycles. The fourth-order valence-electron chi connectivity index (χ4n) is 0.227. The Kier molecular flexibility index (Phi) is 11.3. The largest absolute Gasteiger partial charge is 0.473 e. The van der Waals surface area contributed by atoms with Gasteiger partial charge in [-0.15, -0.1) is 0 Å². The van der Waals surface area contributed by atoms with E-state index in [9.17, 15) is 0 Å². The van der Waals surface area contributed by atoms with Crippen LogP contribution in [0.2, 0.25) is 0 Å². The van der Waals surface area contributed by atoms with Gasteiger partial charge in [0.15, 0.2) is 0 Å². The van der Waals surface area contributed by atoms with E-state index in [1.165, 1.54) is 0 Å². The average molecular weight is 403 g/mol. The first-order valence-corrected chi connectivity index (χ1v) is 1.47. The van der Waals surface area contributed by atoms with Crippen LogP contribution in [0.15, 0.2) is 29.1 Å². The van der Waals surface area contributed by atoms with Crippen molar-refractivity contribution in [1.29, 1.82) is 0 Å². The third-order valence-corrected chi connectivity index (χ3v) is 0.425. The minimum atomic E-state index is 0. The first kappa shape index (κ1) is 11.0. The van der Waals surface area contributed by atoms with E-state index in [0.717, 1.165) is 0 Å². The van der Waals surface area contributed by atoms with Crippen LogP contribution >= 0.6 is 0 Å². The van der Waals surface area contributed by atoms with Crippen molar-refractivity contribution in [1.82, 2.24) is 0 Å². The molecule has 1 aromatic heterocycles. The Morgan fingerprint density at radius 3 is 1.57 bits per heavy atom. The van der Waals surface area contributed by atoms with Crippen molar-refractivity contribution in [3.8, 4) is 0 Å². The summed E-state index contributed by atoms with van der Waals surface area (Å²) in [7, 11) is 0. The Labute approximate surface area is 83.5 Å². The van der Waals surface area contributed by atoms with E-state index in [-0.39, 0.29) is 55.4 Å². The monoisotopic (exact) mass is 396 g/mol. The van der Waals surface area contributed by atoms with E-state index in [0.29, 0.717) is 0 Å². The number of hydrogen-bond donors (Lipinski definition) is 0. The average Bonchev–Trinajstić information content (AvgIpc) is 1.76. The van der Waals surface area contributed by atoms with Gasteiger partial charge in [0.1, 0.15) is 0 Å². The summed E-state index contributed by atoms with van der Waals surface area (Å²) >= 11 is 0. The molecule has 0 fully saturated rings. The van der Waals surface area contributed by atoms with Crippen molar-refractivity contribution in [3.05, 3.63) is 24.7 Å².